The SMILES string of the molecule is CN1c2ccccc2C(c2ccccc2F)=NC[C@H]1CNC(=O)c1ccsc1.Cl. The van der Waals surface area contributed by atoms with E-state index < -0.39 is 0 Å². The Morgan fingerprint density at radius 2 is 1.90 bits per heavy atom. The molecule has 0 fully saturated rings. The fraction of sp³-hybridized carbons (Fsp3) is 0.182. The van der Waals surface area contributed by atoms with Crippen molar-refractivity contribution in [1.82, 2.24) is 5.32 Å². The molecule has 1 aromatic heterocycles. The topological polar surface area (TPSA) is 44.7 Å². The number of nitrogens with zero attached hydrogens (tertiary/aromatic N) is 2. The molecule has 1 atom stereocenters. The third-order valence-electron chi connectivity index (χ3n) is 4.96. The van der Waals surface area contributed by atoms with Crippen LogP contribution >= 0.6 is 23.7 Å². The van der Waals surface area contributed by atoms with E-state index >= 15 is 0 Å². The van der Waals surface area contributed by atoms with Crippen LogP contribution in [0.25, 0.3) is 0 Å². The lowest BCUT2D eigenvalue weighted by atomic mass is 10.00. The molecule has 1 N–H and O–H groups in total. The Labute approximate surface area is 179 Å². The molecule has 2 aromatic carbocycles. The molecule has 0 saturated heterocycles. The molecule has 0 spiro atoms. The summed E-state index contributed by atoms with van der Waals surface area (Å²) in [4.78, 5) is 19.2. The summed E-state index contributed by atoms with van der Waals surface area (Å²) in [5.74, 6) is -0.381. The van der Waals surface area contributed by atoms with Gasteiger partial charge in [0.25, 0.3) is 5.91 Å². The predicted octanol–water partition coefficient (Wildman–Crippen LogP) is 4.39. The molecule has 3 aromatic rings. The maximum atomic E-state index is 14.5. The van der Waals surface area contributed by atoms with Crippen LogP contribution in [0.3, 0.4) is 0 Å². The van der Waals surface area contributed by atoms with E-state index in [9.17, 15) is 9.18 Å². The third-order valence-corrected chi connectivity index (χ3v) is 5.64. The molecule has 4 nitrogen and oxygen atoms in total. The number of anilines is 1. The lowest BCUT2D eigenvalue weighted by Gasteiger charge is -2.28. The number of amides is 1. The summed E-state index contributed by atoms with van der Waals surface area (Å²) in [7, 11) is 1.99. The number of hydrogen-bond donors (Lipinski definition) is 1. The van der Waals surface area contributed by atoms with Gasteiger partial charge < -0.3 is 10.2 Å². The highest BCUT2D eigenvalue weighted by Gasteiger charge is 2.25. The van der Waals surface area contributed by atoms with Crippen molar-refractivity contribution >= 4 is 41.1 Å². The first-order chi connectivity index (χ1) is 13.6. The van der Waals surface area contributed by atoms with Gasteiger partial charge in [-0.25, -0.2) is 4.39 Å². The van der Waals surface area contributed by atoms with Crippen LogP contribution in [0.1, 0.15) is 21.5 Å². The van der Waals surface area contributed by atoms with Gasteiger partial charge in [0.2, 0.25) is 0 Å². The predicted molar refractivity (Wildman–Crippen MR) is 119 cm³/mol. The van der Waals surface area contributed by atoms with Crippen molar-refractivity contribution in [2.75, 3.05) is 25.0 Å². The second kappa shape index (κ2) is 9.20. The van der Waals surface area contributed by atoms with Gasteiger partial charge in [-0.2, -0.15) is 11.3 Å². The van der Waals surface area contributed by atoms with E-state index in [1.54, 1.807) is 18.2 Å². The Kier molecular flexibility index (Phi) is 6.67. The van der Waals surface area contributed by atoms with Gasteiger partial charge in [0.05, 0.1) is 18.3 Å². The number of carbonyl (C=O) groups is 1. The van der Waals surface area contributed by atoms with Crippen LogP contribution in [-0.2, 0) is 0 Å². The van der Waals surface area contributed by atoms with Crippen molar-refractivity contribution in [3.63, 3.8) is 0 Å². The number of carbonyl (C=O) groups excluding carboxylic acids is 1. The van der Waals surface area contributed by atoms with Crippen molar-refractivity contribution in [3.8, 4) is 0 Å². The molecule has 0 radical (unpaired) electrons. The molecule has 0 bridgehead atoms. The van der Waals surface area contributed by atoms with Gasteiger partial charge >= 0.3 is 0 Å². The molecule has 0 saturated carbocycles. The van der Waals surface area contributed by atoms with Crippen molar-refractivity contribution in [2.24, 2.45) is 4.99 Å². The molecule has 4 rings (SSSR count). The molecule has 1 aliphatic heterocycles. The van der Waals surface area contributed by atoms with Crippen LogP contribution in [0.15, 0.2) is 70.3 Å². The number of para-hydroxylation sites is 1. The number of likely N-dealkylation sites (N-methyl/N-ethyl adjacent to an activating group) is 1. The van der Waals surface area contributed by atoms with Crippen LogP contribution in [-0.4, -0.2) is 37.8 Å². The first kappa shape index (κ1) is 21.0. The molecule has 0 aliphatic carbocycles. The molecule has 29 heavy (non-hydrogen) atoms. The number of benzodiazepines with no additional fused rings is 1. The van der Waals surface area contributed by atoms with Gasteiger partial charge in [-0.1, -0.05) is 30.3 Å². The maximum Gasteiger partial charge on any atom is 0.252 e. The summed E-state index contributed by atoms with van der Waals surface area (Å²) in [6, 6.07) is 16.3. The van der Waals surface area contributed by atoms with Crippen molar-refractivity contribution in [1.29, 1.82) is 0 Å². The number of rotatable bonds is 4. The number of aliphatic imine (C=N–C) groups is 1. The number of fused-ring (bicyclic) bond motifs is 1. The Hall–Kier alpha value is -2.70. The lowest BCUT2D eigenvalue weighted by Crippen LogP contribution is -2.43. The van der Waals surface area contributed by atoms with Crippen LogP contribution in [0.2, 0.25) is 0 Å². The first-order valence-corrected chi connectivity index (χ1v) is 10.0. The van der Waals surface area contributed by atoms with E-state index in [2.05, 4.69) is 10.2 Å². The summed E-state index contributed by atoms with van der Waals surface area (Å²) in [5, 5.41) is 6.70. The lowest BCUT2D eigenvalue weighted by molar-refractivity contribution is 0.0952. The van der Waals surface area contributed by atoms with Crippen LogP contribution in [0, 0.1) is 5.82 Å². The van der Waals surface area contributed by atoms with Crippen molar-refractivity contribution < 1.29 is 9.18 Å². The minimum absolute atomic E-state index is 0. The Bertz CT molecular complexity index is 1020. The summed E-state index contributed by atoms with van der Waals surface area (Å²) in [6.07, 6.45) is 0. The summed E-state index contributed by atoms with van der Waals surface area (Å²) >= 11 is 1.49. The van der Waals surface area contributed by atoms with E-state index in [1.807, 2.05) is 48.1 Å². The molecular formula is C22H21ClFN3OS. The van der Waals surface area contributed by atoms with Gasteiger partial charge in [0.1, 0.15) is 5.82 Å². The minimum Gasteiger partial charge on any atom is -0.367 e. The molecule has 1 amide bonds. The summed E-state index contributed by atoms with van der Waals surface area (Å²) < 4.78 is 14.5. The van der Waals surface area contributed by atoms with Crippen LogP contribution < -0.4 is 10.2 Å². The van der Waals surface area contributed by atoms with E-state index in [4.69, 9.17) is 4.99 Å². The fourth-order valence-electron chi connectivity index (χ4n) is 3.37. The number of nitrogens with one attached hydrogen (secondary N) is 1. The average Bonchev–Trinajstić information content (AvgIpc) is 3.22. The normalized spacial score (nSPS) is 15.6. The van der Waals surface area contributed by atoms with E-state index in [1.165, 1.54) is 17.4 Å². The Morgan fingerprint density at radius 1 is 1.17 bits per heavy atom. The molecule has 150 valence electrons. The minimum atomic E-state index is -0.289. The van der Waals surface area contributed by atoms with E-state index in [0.29, 0.717) is 29.9 Å². The van der Waals surface area contributed by atoms with Crippen LogP contribution in [0.4, 0.5) is 10.1 Å². The van der Waals surface area contributed by atoms with Gasteiger partial charge in [-0.3, -0.25) is 9.79 Å². The highest BCUT2D eigenvalue weighted by Crippen LogP contribution is 2.28. The first-order valence-electron chi connectivity index (χ1n) is 9.07. The smallest absolute Gasteiger partial charge is 0.252 e. The molecule has 0 unspecified atom stereocenters. The zero-order chi connectivity index (χ0) is 19.5. The second-order valence-electron chi connectivity index (χ2n) is 6.67. The molecular weight excluding hydrogens is 409 g/mol. The maximum absolute atomic E-state index is 14.5. The fourth-order valence-corrected chi connectivity index (χ4v) is 4.01. The Balaban J connectivity index is 0.00000240. The zero-order valence-corrected chi connectivity index (χ0v) is 17.5. The van der Waals surface area contributed by atoms with E-state index in [-0.39, 0.29) is 30.2 Å². The van der Waals surface area contributed by atoms with Gasteiger partial charge in [-0.05, 0) is 29.6 Å². The molecule has 7 heteroatoms. The molecule has 2 heterocycles. The standard InChI is InChI=1S/C22H20FN3OS.ClH/c1-26-16(13-25-22(27)15-10-11-28-14-15)12-24-21(17-6-2-4-8-19(17)23)18-7-3-5-9-20(18)26;/h2-11,14,16H,12-13H2,1H3,(H,25,27);1H/t16-;/m0./s1. The Morgan fingerprint density at radius 3 is 2.62 bits per heavy atom. The van der Waals surface area contributed by atoms with Gasteiger partial charge in [0.15, 0.2) is 0 Å². The van der Waals surface area contributed by atoms with E-state index in [0.717, 1.165) is 11.3 Å². The quantitative estimate of drug-likeness (QED) is 0.668. The van der Waals surface area contributed by atoms with Crippen LogP contribution in [0.5, 0.6) is 0 Å². The van der Waals surface area contributed by atoms with Gasteiger partial charge in [0, 0.05) is 41.4 Å². The summed E-state index contributed by atoms with van der Waals surface area (Å²) in [5.41, 5.74) is 3.66. The number of halogens is 2. The zero-order valence-electron chi connectivity index (χ0n) is 15.8. The number of thiophene rings is 1. The van der Waals surface area contributed by atoms with Gasteiger partial charge in [-0.15, -0.1) is 12.4 Å². The van der Waals surface area contributed by atoms with Crippen molar-refractivity contribution in [2.45, 2.75) is 6.04 Å². The number of benzene rings is 2. The highest BCUT2D eigenvalue weighted by atomic mass is 35.5. The second-order valence-corrected chi connectivity index (χ2v) is 7.45. The monoisotopic (exact) mass is 429 g/mol. The largest absolute Gasteiger partial charge is 0.367 e. The van der Waals surface area contributed by atoms with Crippen molar-refractivity contribution in [3.05, 3.63) is 87.9 Å². The number of hydrogen-bond acceptors (Lipinski definition) is 4. The third kappa shape index (κ3) is 4.33. The highest BCUT2D eigenvalue weighted by molar-refractivity contribution is 7.08. The molecule has 1 aliphatic rings. The summed E-state index contributed by atoms with van der Waals surface area (Å²) in [6.45, 7) is 0.909. The average molecular weight is 430 g/mol.